The number of aromatic hydroxyl groups is 3. The van der Waals surface area contributed by atoms with Gasteiger partial charge < -0.3 is 29.8 Å². The molecule has 0 amide bonds. The molecule has 0 aromatic heterocycles. The molecule has 0 aliphatic rings. The number of phenols is 2. The number of benzene rings is 1. The fraction of sp³-hybridized carbons (Fsp3) is 0.294. The van der Waals surface area contributed by atoms with E-state index < -0.39 is 36.2 Å². The van der Waals surface area contributed by atoms with Crippen molar-refractivity contribution in [2.24, 2.45) is 0 Å². The third kappa shape index (κ3) is 5.43. The molecule has 2 aromatic rings. The predicted molar refractivity (Wildman–Crippen MR) is 96.3 cm³/mol. The normalized spacial score (nSPS) is 11.5. The molecule has 0 heterocycles. The van der Waals surface area contributed by atoms with Gasteiger partial charge in [0.25, 0.3) is 0 Å². The fourth-order valence-electron chi connectivity index (χ4n) is 2.47. The third-order valence-electron chi connectivity index (χ3n) is 3.81. The molecule has 5 N–H and O–H groups in total. The summed E-state index contributed by atoms with van der Waals surface area (Å²) in [6.45, 7) is -0.00638. The maximum atomic E-state index is 12.2. The highest BCUT2D eigenvalue weighted by Gasteiger charge is 2.16. The molecule has 0 bridgehead atoms. The van der Waals surface area contributed by atoms with Gasteiger partial charge in [0, 0.05) is 6.16 Å². The van der Waals surface area contributed by atoms with Crippen LogP contribution in [0.4, 0.5) is 0 Å². The van der Waals surface area contributed by atoms with E-state index in [0.29, 0.717) is 12.8 Å². The number of unbranched alkanes of at least 4 members (excludes halogenated alkanes) is 2. The van der Waals surface area contributed by atoms with Crippen LogP contribution in [-0.4, -0.2) is 43.8 Å². The van der Waals surface area contributed by atoms with Gasteiger partial charge in [-0.05, 0) is 42.8 Å². The summed E-state index contributed by atoms with van der Waals surface area (Å²) in [5, 5.41) is 29.0. The molecular weight excluding hydrogens is 379 g/mol. The van der Waals surface area contributed by atoms with E-state index in [9.17, 15) is 29.5 Å². The number of ether oxygens (including phenoxy) is 1. The molecular formula is C17H19O9P. The number of phenolic OH excluding ortho intramolecular Hbond substituents is 2. The third-order valence-corrected chi connectivity index (χ3v) is 4.71. The number of fused-ring (bicyclic) bond motifs is 1. The highest BCUT2D eigenvalue weighted by Crippen LogP contribution is 2.35. The number of carbonyl (C=O) groups is 1. The van der Waals surface area contributed by atoms with Crippen LogP contribution in [0.25, 0.3) is 10.8 Å². The van der Waals surface area contributed by atoms with Crippen molar-refractivity contribution in [2.75, 3.05) is 12.8 Å². The molecule has 0 aliphatic heterocycles. The highest BCUT2D eigenvalue weighted by molar-refractivity contribution is 7.51. The van der Waals surface area contributed by atoms with Crippen LogP contribution in [0.15, 0.2) is 29.1 Å². The van der Waals surface area contributed by atoms with Crippen molar-refractivity contribution in [3.63, 3.8) is 0 Å². The molecule has 0 radical (unpaired) electrons. The van der Waals surface area contributed by atoms with Crippen LogP contribution in [-0.2, 0) is 9.30 Å². The van der Waals surface area contributed by atoms with Crippen molar-refractivity contribution in [1.29, 1.82) is 0 Å². The molecule has 0 unspecified atom stereocenters. The first kappa shape index (κ1) is 20.7. The topological polar surface area (TPSA) is 162 Å². The maximum absolute atomic E-state index is 12.2. The lowest BCUT2D eigenvalue weighted by molar-refractivity contribution is 0.0498. The second kappa shape index (κ2) is 8.39. The second-order valence-corrected chi connectivity index (χ2v) is 7.72. The molecule has 10 heteroatoms. The van der Waals surface area contributed by atoms with E-state index in [1.165, 1.54) is 12.1 Å². The number of hydrogen-bond acceptors (Lipinski definition) is 7. The number of hydrogen-bond donors (Lipinski definition) is 5. The van der Waals surface area contributed by atoms with Crippen molar-refractivity contribution in [3.8, 4) is 17.2 Å². The largest absolute Gasteiger partial charge is 0.504 e. The van der Waals surface area contributed by atoms with E-state index in [0.717, 1.165) is 12.1 Å². The summed E-state index contributed by atoms with van der Waals surface area (Å²) in [6, 6.07) is 4.61. The fourth-order valence-corrected chi connectivity index (χ4v) is 3.10. The van der Waals surface area contributed by atoms with Gasteiger partial charge in [0.05, 0.1) is 17.6 Å². The minimum Gasteiger partial charge on any atom is -0.504 e. The summed E-state index contributed by atoms with van der Waals surface area (Å²) in [5.74, 6) is -2.85. The zero-order valence-corrected chi connectivity index (χ0v) is 15.1. The molecule has 2 rings (SSSR count). The van der Waals surface area contributed by atoms with E-state index >= 15 is 0 Å². The van der Waals surface area contributed by atoms with Crippen molar-refractivity contribution in [2.45, 2.75) is 19.3 Å². The van der Waals surface area contributed by atoms with Crippen LogP contribution >= 0.6 is 7.60 Å². The Morgan fingerprint density at radius 2 is 1.70 bits per heavy atom. The Labute approximate surface area is 153 Å². The summed E-state index contributed by atoms with van der Waals surface area (Å²) in [5.41, 5.74) is -1.07. The van der Waals surface area contributed by atoms with Crippen LogP contribution in [0.1, 0.15) is 29.6 Å². The monoisotopic (exact) mass is 398 g/mol. The van der Waals surface area contributed by atoms with E-state index in [1.54, 1.807) is 0 Å². The average molecular weight is 398 g/mol. The molecule has 0 fully saturated rings. The first-order valence-electron chi connectivity index (χ1n) is 8.04. The van der Waals surface area contributed by atoms with Crippen molar-refractivity contribution >= 4 is 24.3 Å². The van der Waals surface area contributed by atoms with Crippen LogP contribution < -0.4 is 5.43 Å². The molecule has 9 nitrogen and oxygen atoms in total. The summed E-state index contributed by atoms with van der Waals surface area (Å²) in [4.78, 5) is 41.8. The number of carbonyl (C=O) groups excluding carboxylic acids is 1. The Bertz CT molecular complexity index is 965. The van der Waals surface area contributed by atoms with Crippen molar-refractivity contribution < 1.29 is 39.2 Å². The Balaban J connectivity index is 2.13. The predicted octanol–water partition coefficient (Wildman–Crippen LogP) is 1.82. The van der Waals surface area contributed by atoms with Gasteiger partial charge in [-0.2, -0.15) is 0 Å². The van der Waals surface area contributed by atoms with Gasteiger partial charge in [-0.15, -0.1) is 0 Å². The summed E-state index contributed by atoms with van der Waals surface area (Å²) in [7, 11) is -4.03. The summed E-state index contributed by atoms with van der Waals surface area (Å²) < 4.78 is 15.8. The first-order valence-corrected chi connectivity index (χ1v) is 9.83. The van der Waals surface area contributed by atoms with Gasteiger partial charge in [-0.3, -0.25) is 9.36 Å². The maximum Gasteiger partial charge on any atom is 0.338 e. The Kier molecular flexibility index (Phi) is 6.43. The van der Waals surface area contributed by atoms with Crippen LogP contribution in [0, 0.1) is 0 Å². The molecule has 0 spiro atoms. The molecule has 27 heavy (non-hydrogen) atoms. The smallest absolute Gasteiger partial charge is 0.338 e. The summed E-state index contributed by atoms with van der Waals surface area (Å²) >= 11 is 0. The summed E-state index contributed by atoms with van der Waals surface area (Å²) in [6.07, 6.45) is 0.889. The minimum absolute atomic E-state index is 0.00638. The molecule has 0 saturated carbocycles. The van der Waals surface area contributed by atoms with Gasteiger partial charge in [-0.25, -0.2) is 4.79 Å². The SMILES string of the molecule is O=C(OCCCCCP(=O)(O)O)c1cc(O)c(=O)c2c(O)c(O)ccc2c1. The Morgan fingerprint density at radius 3 is 2.37 bits per heavy atom. The van der Waals surface area contributed by atoms with Gasteiger partial charge in [0.2, 0.25) is 5.43 Å². The van der Waals surface area contributed by atoms with E-state index in [2.05, 4.69) is 0 Å². The van der Waals surface area contributed by atoms with Crippen LogP contribution in [0.2, 0.25) is 0 Å². The molecule has 0 aliphatic carbocycles. The van der Waals surface area contributed by atoms with Gasteiger partial charge in [0.15, 0.2) is 17.2 Å². The second-order valence-electron chi connectivity index (χ2n) is 5.94. The van der Waals surface area contributed by atoms with E-state index in [1.807, 2.05) is 0 Å². The van der Waals surface area contributed by atoms with E-state index in [4.69, 9.17) is 14.5 Å². The minimum atomic E-state index is -4.03. The lowest BCUT2D eigenvalue weighted by Crippen LogP contribution is -2.06. The van der Waals surface area contributed by atoms with Crippen LogP contribution in [0.3, 0.4) is 0 Å². The van der Waals surface area contributed by atoms with E-state index in [-0.39, 0.29) is 35.5 Å². The van der Waals surface area contributed by atoms with Gasteiger partial charge in [-0.1, -0.05) is 6.07 Å². The highest BCUT2D eigenvalue weighted by atomic mass is 31.2. The van der Waals surface area contributed by atoms with Crippen molar-refractivity contribution in [3.05, 3.63) is 40.1 Å². The molecule has 2 aromatic carbocycles. The van der Waals surface area contributed by atoms with Gasteiger partial charge >= 0.3 is 13.6 Å². The van der Waals surface area contributed by atoms with Crippen LogP contribution in [0.5, 0.6) is 17.2 Å². The zero-order chi connectivity index (χ0) is 20.2. The van der Waals surface area contributed by atoms with Gasteiger partial charge in [0.1, 0.15) is 0 Å². The Hall–Kier alpha value is -2.61. The lowest BCUT2D eigenvalue weighted by Gasteiger charge is -2.05. The molecule has 146 valence electrons. The van der Waals surface area contributed by atoms with Crippen molar-refractivity contribution in [1.82, 2.24) is 0 Å². The lowest BCUT2D eigenvalue weighted by atomic mass is 10.1. The number of esters is 1. The molecule has 0 saturated heterocycles. The number of rotatable bonds is 7. The standard InChI is InChI=1S/C17H19O9P/c18-12-5-4-10-8-11(9-13(19)16(21)14(10)15(12)20)17(22)26-6-2-1-3-7-27(23,24)25/h4-5,8-9,18,20H,1-3,6-7H2,(H,19,21)(H2,23,24,25). The first-order chi connectivity index (χ1) is 12.6. The average Bonchev–Trinajstić information content (AvgIpc) is 2.71. The Morgan fingerprint density at radius 1 is 1.00 bits per heavy atom. The quantitative estimate of drug-likeness (QED) is 0.203. The zero-order valence-electron chi connectivity index (χ0n) is 14.2. The molecule has 0 atom stereocenters.